The number of nitrogens with zero attached hydrogens (tertiary/aromatic N) is 2. The number of nitrogens with two attached hydrogens (primary N) is 2. The molecule has 0 spiro atoms. The van der Waals surface area contributed by atoms with E-state index in [-0.39, 0.29) is 0 Å². The van der Waals surface area contributed by atoms with Crippen LogP contribution in [-0.4, -0.2) is 16.1 Å². The fourth-order valence-corrected chi connectivity index (χ4v) is 3.14. The van der Waals surface area contributed by atoms with Gasteiger partial charge in [-0.25, -0.2) is 4.98 Å². The number of allylic oxidation sites excluding steroid dienone is 1. The molecule has 0 aliphatic heterocycles. The van der Waals surface area contributed by atoms with Crippen molar-refractivity contribution in [3.63, 3.8) is 0 Å². The summed E-state index contributed by atoms with van der Waals surface area (Å²) in [6.45, 7) is 4.67. The zero-order chi connectivity index (χ0) is 18.5. The fraction of sp³-hybridized carbons (Fsp3) is 0.227. The van der Waals surface area contributed by atoms with Gasteiger partial charge in [-0.2, -0.15) is 0 Å². The van der Waals surface area contributed by atoms with Gasteiger partial charge in [-0.15, -0.1) is 0 Å². The molecule has 0 fully saturated rings. The second-order valence-electron chi connectivity index (χ2n) is 6.42. The quantitative estimate of drug-likeness (QED) is 0.707. The van der Waals surface area contributed by atoms with E-state index in [1.165, 1.54) is 5.56 Å². The summed E-state index contributed by atoms with van der Waals surface area (Å²) >= 11 is 0. The molecule has 4 heteroatoms. The Hall–Kier alpha value is -2.85. The minimum atomic E-state index is 0.654. The van der Waals surface area contributed by atoms with E-state index in [1.54, 1.807) is 0 Å². The predicted molar refractivity (Wildman–Crippen MR) is 109 cm³/mol. The van der Waals surface area contributed by atoms with Gasteiger partial charge in [0.25, 0.3) is 0 Å². The van der Waals surface area contributed by atoms with E-state index in [2.05, 4.69) is 47.9 Å². The number of rotatable bonds is 6. The molecule has 0 radical (unpaired) electrons. The van der Waals surface area contributed by atoms with Gasteiger partial charge >= 0.3 is 0 Å². The SMILES string of the molecule is CCc1nc(-c2ccccc2)c(-c2ccc(CCN)cc2)n1/C=C(/C)N. The fourth-order valence-electron chi connectivity index (χ4n) is 3.14. The van der Waals surface area contributed by atoms with Gasteiger partial charge in [0, 0.05) is 29.4 Å². The molecule has 3 aromatic rings. The lowest BCUT2D eigenvalue weighted by atomic mass is 10.0. The number of imidazole rings is 1. The average Bonchev–Trinajstić information content (AvgIpc) is 3.01. The van der Waals surface area contributed by atoms with E-state index in [0.29, 0.717) is 6.54 Å². The zero-order valence-corrected chi connectivity index (χ0v) is 15.4. The number of aromatic nitrogens is 2. The first-order chi connectivity index (χ1) is 12.6. The number of hydrogen-bond acceptors (Lipinski definition) is 3. The molecule has 0 bridgehead atoms. The van der Waals surface area contributed by atoms with Crippen LogP contribution >= 0.6 is 0 Å². The molecule has 0 saturated heterocycles. The normalized spacial score (nSPS) is 11.7. The van der Waals surface area contributed by atoms with Crippen LogP contribution in [0.1, 0.15) is 25.2 Å². The molecule has 1 aromatic heterocycles. The molecule has 0 atom stereocenters. The highest BCUT2D eigenvalue weighted by atomic mass is 15.1. The molecular formula is C22H26N4. The van der Waals surface area contributed by atoms with E-state index in [4.69, 9.17) is 16.5 Å². The number of aryl methyl sites for hydroxylation is 1. The summed E-state index contributed by atoms with van der Waals surface area (Å²) < 4.78 is 2.12. The molecule has 0 aliphatic carbocycles. The Labute approximate surface area is 155 Å². The second kappa shape index (κ2) is 8.02. The summed E-state index contributed by atoms with van der Waals surface area (Å²) in [6, 6.07) is 18.9. The Kier molecular flexibility index (Phi) is 5.54. The number of benzene rings is 2. The van der Waals surface area contributed by atoms with Crippen LogP contribution in [0.3, 0.4) is 0 Å². The first-order valence-electron chi connectivity index (χ1n) is 9.03. The van der Waals surface area contributed by atoms with Crippen LogP contribution in [0.4, 0.5) is 0 Å². The van der Waals surface area contributed by atoms with Gasteiger partial charge in [-0.05, 0) is 25.5 Å². The summed E-state index contributed by atoms with van der Waals surface area (Å²) in [5.41, 5.74) is 17.9. The van der Waals surface area contributed by atoms with Crippen LogP contribution in [-0.2, 0) is 12.8 Å². The molecule has 3 rings (SSSR count). The summed E-state index contributed by atoms with van der Waals surface area (Å²) in [6.07, 6.45) is 3.67. The summed E-state index contributed by atoms with van der Waals surface area (Å²) in [7, 11) is 0. The van der Waals surface area contributed by atoms with Crippen molar-refractivity contribution in [1.29, 1.82) is 0 Å². The van der Waals surface area contributed by atoms with Crippen LogP contribution in [0.25, 0.3) is 28.7 Å². The third-order valence-corrected chi connectivity index (χ3v) is 4.34. The highest BCUT2D eigenvalue weighted by molar-refractivity contribution is 5.80. The van der Waals surface area contributed by atoms with Crippen molar-refractivity contribution in [3.8, 4) is 22.5 Å². The first kappa shape index (κ1) is 18.0. The standard InChI is InChI=1S/C22H26N4/c1-3-20-25-21(18-7-5-4-6-8-18)22(26(20)15-16(2)24)19-11-9-17(10-12-19)13-14-23/h4-12,15H,3,13-14,23-24H2,1-2H3/b16-15-. The smallest absolute Gasteiger partial charge is 0.113 e. The monoisotopic (exact) mass is 346 g/mol. The Morgan fingerprint density at radius 1 is 1.04 bits per heavy atom. The van der Waals surface area contributed by atoms with Gasteiger partial charge in [0.05, 0.1) is 11.4 Å². The molecule has 1 heterocycles. The van der Waals surface area contributed by atoms with Crippen molar-refractivity contribution in [2.75, 3.05) is 6.54 Å². The van der Waals surface area contributed by atoms with Crippen molar-refractivity contribution in [3.05, 3.63) is 71.7 Å². The molecule has 4 N–H and O–H groups in total. The van der Waals surface area contributed by atoms with E-state index in [1.807, 2.05) is 31.3 Å². The molecule has 0 unspecified atom stereocenters. The van der Waals surface area contributed by atoms with Gasteiger partial charge in [0.1, 0.15) is 5.82 Å². The van der Waals surface area contributed by atoms with E-state index >= 15 is 0 Å². The van der Waals surface area contributed by atoms with Crippen LogP contribution < -0.4 is 11.5 Å². The highest BCUT2D eigenvalue weighted by Crippen LogP contribution is 2.33. The molecule has 0 aliphatic rings. The van der Waals surface area contributed by atoms with E-state index < -0.39 is 0 Å². The molecule has 2 aromatic carbocycles. The van der Waals surface area contributed by atoms with Gasteiger partial charge in [0.15, 0.2) is 0 Å². The van der Waals surface area contributed by atoms with Crippen LogP contribution in [0.2, 0.25) is 0 Å². The molecule has 134 valence electrons. The van der Waals surface area contributed by atoms with E-state index in [9.17, 15) is 0 Å². The van der Waals surface area contributed by atoms with Crippen molar-refractivity contribution in [2.45, 2.75) is 26.7 Å². The van der Waals surface area contributed by atoms with Gasteiger partial charge in [-0.3, -0.25) is 0 Å². The maximum absolute atomic E-state index is 6.01. The van der Waals surface area contributed by atoms with Crippen LogP contribution in [0, 0.1) is 0 Å². The third kappa shape index (κ3) is 3.70. The van der Waals surface area contributed by atoms with Crippen molar-refractivity contribution in [1.82, 2.24) is 9.55 Å². The molecular weight excluding hydrogens is 320 g/mol. The lowest BCUT2D eigenvalue weighted by molar-refractivity contribution is 0.921. The number of hydrogen-bond donors (Lipinski definition) is 2. The van der Waals surface area contributed by atoms with Crippen LogP contribution in [0.15, 0.2) is 60.3 Å². The van der Waals surface area contributed by atoms with Crippen molar-refractivity contribution >= 4 is 6.20 Å². The second-order valence-corrected chi connectivity index (χ2v) is 6.42. The zero-order valence-electron chi connectivity index (χ0n) is 15.4. The summed E-state index contributed by atoms with van der Waals surface area (Å²) in [5, 5.41) is 0. The Morgan fingerprint density at radius 2 is 1.73 bits per heavy atom. The summed E-state index contributed by atoms with van der Waals surface area (Å²) in [4.78, 5) is 4.93. The van der Waals surface area contributed by atoms with Crippen LogP contribution in [0.5, 0.6) is 0 Å². The maximum atomic E-state index is 6.01. The van der Waals surface area contributed by atoms with Gasteiger partial charge in [-0.1, -0.05) is 61.5 Å². The minimum absolute atomic E-state index is 0.654. The molecule has 0 amide bonds. The third-order valence-electron chi connectivity index (χ3n) is 4.34. The first-order valence-corrected chi connectivity index (χ1v) is 9.03. The minimum Gasteiger partial charge on any atom is -0.401 e. The Bertz CT molecular complexity index is 886. The molecule has 4 nitrogen and oxygen atoms in total. The topological polar surface area (TPSA) is 69.9 Å². The maximum Gasteiger partial charge on any atom is 0.113 e. The van der Waals surface area contributed by atoms with Gasteiger partial charge < -0.3 is 16.0 Å². The highest BCUT2D eigenvalue weighted by Gasteiger charge is 2.18. The predicted octanol–water partition coefficient (Wildman–Crippen LogP) is 4.06. The molecule has 26 heavy (non-hydrogen) atoms. The van der Waals surface area contributed by atoms with E-state index in [0.717, 1.165) is 46.9 Å². The summed E-state index contributed by atoms with van der Waals surface area (Å²) in [5.74, 6) is 0.995. The average molecular weight is 346 g/mol. The van der Waals surface area contributed by atoms with Crippen molar-refractivity contribution in [2.24, 2.45) is 11.5 Å². The molecule has 0 saturated carbocycles. The Balaban J connectivity index is 2.22. The van der Waals surface area contributed by atoms with Crippen molar-refractivity contribution < 1.29 is 0 Å². The lowest BCUT2D eigenvalue weighted by Gasteiger charge is -2.10. The van der Waals surface area contributed by atoms with Gasteiger partial charge in [0.2, 0.25) is 0 Å². The Morgan fingerprint density at radius 3 is 2.31 bits per heavy atom. The lowest BCUT2D eigenvalue weighted by Crippen LogP contribution is -2.03. The largest absolute Gasteiger partial charge is 0.401 e.